The van der Waals surface area contributed by atoms with Gasteiger partial charge in [-0.25, -0.2) is 0 Å². The summed E-state index contributed by atoms with van der Waals surface area (Å²) in [6.45, 7) is 3.93. The molecule has 0 amide bonds. The van der Waals surface area contributed by atoms with Gasteiger partial charge in [0.05, 0.1) is 20.5 Å². The van der Waals surface area contributed by atoms with Crippen LogP contribution in [-0.4, -0.2) is 14.2 Å². The second-order valence-corrected chi connectivity index (χ2v) is 2.66. The Balaban J connectivity index is 2.87. The summed E-state index contributed by atoms with van der Waals surface area (Å²) in [7, 11) is 3.24. The predicted octanol–water partition coefficient (Wildman–Crippen LogP) is 2.36. The second kappa shape index (κ2) is 5.17. The molecule has 1 aromatic carbocycles. The highest BCUT2D eigenvalue weighted by Crippen LogP contribution is 2.24. The molecule has 0 aliphatic rings. The highest BCUT2D eigenvalue weighted by atomic mass is 16.5. The number of benzene rings is 1. The van der Waals surface area contributed by atoms with Crippen molar-refractivity contribution in [1.82, 2.24) is 0 Å². The molecular weight excluding hydrogens is 180 g/mol. The fourth-order valence-corrected chi connectivity index (χ4v) is 1.12. The first-order valence-corrected chi connectivity index (χ1v) is 4.25. The quantitative estimate of drug-likeness (QED) is 0.673. The standard InChI is InChI=1S/C11H14O3/c1-4-14-8-9-5-6-10(12-2)7-11(9)13-3/h4-7H,1,8H2,2-3H3. The van der Waals surface area contributed by atoms with Crippen LogP contribution < -0.4 is 9.47 Å². The van der Waals surface area contributed by atoms with Crippen molar-refractivity contribution < 1.29 is 14.2 Å². The van der Waals surface area contributed by atoms with Gasteiger partial charge in [-0.2, -0.15) is 0 Å². The summed E-state index contributed by atoms with van der Waals surface area (Å²) in [5, 5.41) is 0. The third-order valence-corrected chi connectivity index (χ3v) is 1.85. The third-order valence-electron chi connectivity index (χ3n) is 1.85. The predicted molar refractivity (Wildman–Crippen MR) is 54.5 cm³/mol. The first-order valence-electron chi connectivity index (χ1n) is 4.25. The molecule has 0 saturated heterocycles. The van der Waals surface area contributed by atoms with Crippen molar-refractivity contribution in [2.45, 2.75) is 6.61 Å². The van der Waals surface area contributed by atoms with Gasteiger partial charge in [0.25, 0.3) is 0 Å². The normalized spacial score (nSPS) is 9.29. The van der Waals surface area contributed by atoms with Gasteiger partial charge < -0.3 is 14.2 Å². The van der Waals surface area contributed by atoms with E-state index in [1.165, 1.54) is 6.26 Å². The smallest absolute Gasteiger partial charge is 0.129 e. The van der Waals surface area contributed by atoms with Crippen LogP contribution in [-0.2, 0) is 11.3 Å². The molecule has 14 heavy (non-hydrogen) atoms. The van der Waals surface area contributed by atoms with Crippen molar-refractivity contribution in [3.63, 3.8) is 0 Å². The summed E-state index contributed by atoms with van der Waals surface area (Å²) in [4.78, 5) is 0. The molecule has 0 heterocycles. The van der Waals surface area contributed by atoms with E-state index in [4.69, 9.17) is 14.2 Å². The number of hydrogen-bond acceptors (Lipinski definition) is 3. The molecule has 0 fully saturated rings. The Labute approximate surface area is 83.9 Å². The van der Waals surface area contributed by atoms with Crippen LogP contribution in [0.4, 0.5) is 0 Å². The molecule has 0 saturated carbocycles. The molecule has 1 aromatic rings. The largest absolute Gasteiger partial charge is 0.497 e. The van der Waals surface area contributed by atoms with Gasteiger partial charge in [-0.1, -0.05) is 6.58 Å². The minimum absolute atomic E-state index is 0.455. The van der Waals surface area contributed by atoms with Gasteiger partial charge in [0.15, 0.2) is 0 Å². The zero-order valence-electron chi connectivity index (χ0n) is 8.45. The Morgan fingerprint density at radius 3 is 2.64 bits per heavy atom. The fraction of sp³-hybridized carbons (Fsp3) is 0.273. The summed E-state index contributed by atoms with van der Waals surface area (Å²) in [6.07, 6.45) is 1.41. The van der Waals surface area contributed by atoms with E-state index in [1.54, 1.807) is 14.2 Å². The Morgan fingerprint density at radius 1 is 1.29 bits per heavy atom. The lowest BCUT2D eigenvalue weighted by molar-refractivity contribution is 0.232. The number of ether oxygens (including phenoxy) is 3. The summed E-state index contributed by atoms with van der Waals surface area (Å²) in [5.41, 5.74) is 0.966. The molecule has 0 aromatic heterocycles. The molecule has 0 bridgehead atoms. The maximum Gasteiger partial charge on any atom is 0.129 e. The molecular formula is C11H14O3. The Morgan fingerprint density at radius 2 is 2.07 bits per heavy atom. The van der Waals surface area contributed by atoms with Crippen molar-refractivity contribution in [2.75, 3.05) is 14.2 Å². The van der Waals surface area contributed by atoms with Crippen molar-refractivity contribution in [1.29, 1.82) is 0 Å². The third kappa shape index (κ3) is 2.42. The van der Waals surface area contributed by atoms with Crippen LogP contribution in [0.5, 0.6) is 11.5 Å². The monoisotopic (exact) mass is 194 g/mol. The summed E-state index contributed by atoms with van der Waals surface area (Å²) in [5.74, 6) is 1.52. The van der Waals surface area contributed by atoms with Crippen LogP contribution >= 0.6 is 0 Å². The fourth-order valence-electron chi connectivity index (χ4n) is 1.12. The highest BCUT2D eigenvalue weighted by molar-refractivity contribution is 5.40. The Hall–Kier alpha value is -1.64. The lowest BCUT2D eigenvalue weighted by Crippen LogP contribution is -1.94. The molecule has 0 N–H and O–H groups in total. The van der Waals surface area contributed by atoms with Crippen molar-refractivity contribution in [3.8, 4) is 11.5 Å². The van der Waals surface area contributed by atoms with E-state index in [0.29, 0.717) is 6.61 Å². The van der Waals surface area contributed by atoms with E-state index >= 15 is 0 Å². The van der Waals surface area contributed by atoms with Gasteiger partial charge in [-0.15, -0.1) is 0 Å². The van der Waals surface area contributed by atoms with Gasteiger partial charge in [0.2, 0.25) is 0 Å². The molecule has 0 aliphatic carbocycles. The molecule has 0 atom stereocenters. The molecule has 0 spiro atoms. The number of hydrogen-bond donors (Lipinski definition) is 0. The van der Waals surface area contributed by atoms with Gasteiger partial charge in [-0.3, -0.25) is 0 Å². The van der Waals surface area contributed by atoms with Crippen LogP contribution in [0.1, 0.15) is 5.56 Å². The van der Waals surface area contributed by atoms with Gasteiger partial charge in [-0.05, 0) is 12.1 Å². The second-order valence-electron chi connectivity index (χ2n) is 2.66. The van der Waals surface area contributed by atoms with Gasteiger partial charge in [0, 0.05) is 11.6 Å². The van der Waals surface area contributed by atoms with Crippen molar-refractivity contribution >= 4 is 0 Å². The Bertz CT molecular complexity index is 307. The summed E-state index contributed by atoms with van der Waals surface area (Å²) in [6, 6.07) is 5.59. The maximum atomic E-state index is 5.19. The molecule has 3 heteroatoms. The van der Waals surface area contributed by atoms with Crippen LogP contribution in [0.25, 0.3) is 0 Å². The van der Waals surface area contributed by atoms with Crippen molar-refractivity contribution in [3.05, 3.63) is 36.6 Å². The molecule has 0 aliphatic heterocycles. The van der Waals surface area contributed by atoms with Crippen molar-refractivity contribution in [2.24, 2.45) is 0 Å². The summed E-state index contributed by atoms with van der Waals surface area (Å²) >= 11 is 0. The molecule has 3 nitrogen and oxygen atoms in total. The zero-order chi connectivity index (χ0) is 10.4. The lowest BCUT2D eigenvalue weighted by atomic mass is 10.2. The molecule has 0 unspecified atom stereocenters. The van der Waals surface area contributed by atoms with E-state index in [9.17, 15) is 0 Å². The SMILES string of the molecule is C=COCc1ccc(OC)cc1OC. The van der Waals surface area contributed by atoms with E-state index < -0.39 is 0 Å². The minimum atomic E-state index is 0.455. The van der Waals surface area contributed by atoms with Crippen LogP contribution in [0.3, 0.4) is 0 Å². The lowest BCUT2D eigenvalue weighted by Gasteiger charge is -2.09. The number of rotatable bonds is 5. The first-order chi connectivity index (χ1) is 6.81. The van der Waals surface area contributed by atoms with Crippen LogP contribution in [0.2, 0.25) is 0 Å². The van der Waals surface area contributed by atoms with Crippen LogP contribution in [0, 0.1) is 0 Å². The van der Waals surface area contributed by atoms with Gasteiger partial charge in [0.1, 0.15) is 18.1 Å². The number of methoxy groups -OCH3 is 2. The maximum absolute atomic E-state index is 5.19. The molecule has 1 rings (SSSR count). The molecule has 0 radical (unpaired) electrons. The zero-order valence-corrected chi connectivity index (χ0v) is 8.45. The van der Waals surface area contributed by atoms with E-state index in [1.807, 2.05) is 18.2 Å². The highest BCUT2D eigenvalue weighted by Gasteiger charge is 2.04. The average Bonchev–Trinajstić information content (AvgIpc) is 2.26. The van der Waals surface area contributed by atoms with E-state index in [-0.39, 0.29) is 0 Å². The average molecular weight is 194 g/mol. The topological polar surface area (TPSA) is 27.7 Å². The first kappa shape index (κ1) is 10.4. The summed E-state index contributed by atoms with van der Waals surface area (Å²) < 4.78 is 15.3. The van der Waals surface area contributed by atoms with Crippen LogP contribution in [0.15, 0.2) is 31.0 Å². The van der Waals surface area contributed by atoms with E-state index in [2.05, 4.69) is 6.58 Å². The molecule has 76 valence electrons. The minimum Gasteiger partial charge on any atom is -0.497 e. The van der Waals surface area contributed by atoms with Gasteiger partial charge >= 0.3 is 0 Å². The Kier molecular flexibility index (Phi) is 3.85. The van der Waals surface area contributed by atoms with E-state index in [0.717, 1.165) is 17.1 Å².